The summed E-state index contributed by atoms with van der Waals surface area (Å²) in [4.78, 5) is 9.34. The van der Waals surface area contributed by atoms with Gasteiger partial charge in [-0.2, -0.15) is 0 Å². The fourth-order valence-electron chi connectivity index (χ4n) is 3.45. The van der Waals surface area contributed by atoms with Gasteiger partial charge in [0.15, 0.2) is 5.96 Å². The van der Waals surface area contributed by atoms with Crippen LogP contribution in [-0.4, -0.2) is 62.9 Å². The molecule has 1 fully saturated rings. The van der Waals surface area contributed by atoms with Crippen molar-refractivity contribution in [1.29, 1.82) is 0 Å². The van der Waals surface area contributed by atoms with Crippen molar-refractivity contribution >= 4 is 11.6 Å². The number of benzene rings is 2. The van der Waals surface area contributed by atoms with Gasteiger partial charge in [-0.3, -0.25) is 0 Å². The first kappa shape index (κ1) is 20.6. The van der Waals surface area contributed by atoms with Crippen LogP contribution in [0.2, 0.25) is 0 Å². The average Bonchev–Trinajstić information content (AvgIpc) is 2.77. The van der Waals surface area contributed by atoms with Gasteiger partial charge in [0.2, 0.25) is 0 Å². The lowest BCUT2D eigenvalue weighted by atomic mass is 10.2. The summed E-state index contributed by atoms with van der Waals surface area (Å²) in [5.74, 6) is 2.69. The van der Waals surface area contributed by atoms with Crippen LogP contribution in [-0.2, 0) is 6.54 Å². The number of phenols is 1. The number of aromatic hydroxyl groups is 1. The summed E-state index contributed by atoms with van der Waals surface area (Å²) in [7, 11) is 3.32. The largest absolute Gasteiger partial charge is 0.508 e. The fraction of sp³-hybridized carbons (Fsp3) is 0.409. The maximum Gasteiger partial charge on any atom is 0.194 e. The highest BCUT2D eigenvalue weighted by atomic mass is 16.5. The third kappa shape index (κ3) is 5.04. The van der Waals surface area contributed by atoms with Crippen LogP contribution in [0.4, 0.5) is 5.69 Å². The summed E-state index contributed by atoms with van der Waals surface area (Å²) in [6.07, 6.45) is 0. The molecule has 156 valence electrons. The summed E-state index contributed by atoms with van der Waals surface area (Å²) in [5, 5.41) is 13.5. The van der Waals surface area contributed by atoms with E-state index in [1.54, 1.807) is 26.4 Å². The molecule has 0 spiro atoms. The highest BCUT2D eigenvalue weighted by Crippen LogP contribution is 2.28. The highest BCUT2D eigenvalue weighted by molar-refractivity contribution is 5.80. The summed E-state index contributed by atoms with van der Waals surface area (Å²) in [6.45, 7) is 6.71. The van der Waals surface area contributed by atoms with Gasteiger partial charge in [0.25, 0.3) is 0 Å². The van der Waals surface area contributed by atoms with E-state index in [0.29, 0.717) is 12.3 Å². The van der Waals surface area contributed by atoms with Crippen LogP contribution in [0.5, 0.6) is 17.2 Å². The molecule has 3 rings (SSSR count). The van der Waals surface area contributed by atoms with Crippen molar-refractivity contribution in [2.24, 2.45) is 4.99 Å². The van der Waals surface area contributed by atoms with Crippen molar-refractivity contribution in [2.45, 2.75) is 13.5 Å². The molecule has 0 bridgehead atoms. The first-order valence-electron chi connectivity index (χ1n) is 9.93. The molecule has 1 aliphatic heterocycles. The van der Waals surface area contributed by atoms with E-state index in [4.69, 9.17) is 14.5 Å². The lowest BCUT2D eigenvalue weighted by Gasteiger charge is -2.38. The second-order valence-corrected chi connectivity index (χ2v) is 6.81. The number of nitrogens with zero attached hydrogens (tertiary/aromatic N) is 3. The van der Waals surface area contributed by atoms with Gasteiger partial charge in [0.05, 0.1) is 26.5 Å². The van der Waals surface area contributed by atoms with Gasteiger partial charge < -0.3 is 29.7 Å². The minimum absolute atomic E-state index is 0.228. The Labute approximate surface area is 172 Å². The number of methoxy groups -OCH3 is 2. The predicted molar refractivity (Wildman–Crippen MR) is 116 cm³/mol. The number of guanidine groups is 1. The SMILES string of the molecule is CCNC(=NCc1cc(OC)ccc1O)N1CCN(c2ccccc2OC)CC1. The topological polar surface area (TPSA) is 69.6 Å². The molecule has 2 N–H and O–H groups in total. The Kier molecular flexibility index (Phi) is 7.05. The van der Waals surface area contributed by atoms with Gasteiger partial charge >= 0.3 is 0 Å². The normalized spacial score (nSPS) is 14.7. The monoisotopic (exact) mass is 398 g/mol. The van der Waals surface area contributed by atoms with Crippen molar-refractivity contribution in [1.82, 2.24) is 10.2 Å². The molecule has 0 atom stereocenters. The van der Waals surface area contributed by atoms with E-state index in [9.17, 15) is 5.11 Å². The number of anilines is 1. The molecule has 0 amide bonds. The fourth-order valence-corrected chi connectivity index (χ4v) is 3.45. The van der Waals surface area contributed by atoms with Crippen LogP contribution in [0.25, 0.3) is 0 Å². The molecule has 0 aromatic heterocycles. The minimum atomic E-state index is 0.228. The number of aliphatic imine (C=N–C) groups is 1. The number of piperazine rings is 1. The van der Waals surface area contributed by atoms with Crippen LogP contribution < -0.4 is 19.7 Å². The molecule has 0 radical (unpaired) electrons. The number of ether oxygens (including phenoxy) is 2. The number of phenolic OH excluding ortho intramolecular Hbond substituents is 1. The Morgan fingerprint density at radius 3 is 2.52 bits per heavy atom. The van der Waals surface area contributed by atoms with E-state index in [1.807, 2.05) is 24.3 Å². The van der Waals surface area contributed by atoms with E-state index >= 15 is 0 Å². The molecule has 0 unspecified atom stereocenters. The Bertz CT molecular complexity index is 833. The molecule has 29 heavy (non-hydrogen) atoms. The first-order valence-corrected chi connectivity index (χ1v) is 9.93. The molecule has 2 aromatic rings. The molecule has 7 nitrogen and oxygen atoms in total. The second-order valence-electron chi connectivity index (χ2n) is 6.81. The zero-order valence-corrected chi connectivity index (χ0v) is 17.4. The van der Waals surface area contributed by atoms with Crippen molar-refractivity contribution in [3.8, 4) is 17.2 Å². The number of hydrogen-bond acceptors (Lipinski definition) is 5. The molecule has 1 saturated heterocycles. The molecular weight excluding hydrogens is 368 g/mol. The van der Waals surface area contributed by atoms with Gasteiger partial charge in [-0.15, -0.1) is 0 Å². The molecule has 0 saturated carbocycles. The average molecular weight is 399 g/mol. The number of rotatable bonds is 6. The first-order chi connectivity index (χ1) is 14.2. The Morgan fingerprint density at radius 2 is 1.83 bits per heavy atom. The predicted octanol–water partition coefficient (Wildman–Crippen LogP) is 2.70. The van der Waals surface area contributed by atoms with Crippen LogP contribution >= 0.6 is 0 Å². The van der Waals surface area contributed by atoms with Crippen molar-refractivity contribution < 1.29 is 14.6 Å². The van der Waals surface area contributed by atoms with Crippen LogP contribution in [0.15, 0.2) is 47.5 Å². The quantitative estimate of drug-likeness (QED) is 0.576. The lowest BCUT2D eigenvalue weighted by Crippen LogP contribution is -2.52. The smallest absolute Gasteiger partial charge is 0.194 e. The van der Waals surface area contributed by atoms with Crippen molar-refractivity contribution in [2.75, 3.05) is 51.8 Å². The van der Waals surface area contributed by atoms with Gasteiger partial charge in [-0.25, -0.2) is 4.99 Å². The number of hydrogen-bond donors (Lipinski definition) is 2. The minimum Gasteiger partial charge on any atom is -0.508 e. The van der Waals surface area contributed by atoms with Gasteiger partial charge in [0.1, 0.15) is 17.2 Å². The molecule has 1 aliphatic rings. The summed E-state index contributed by atoms with van der Waals surface area (Å²) in [5.41, 5.74) is 1.87. The lowest BCUT2D eigenvalue weighted by molar-refractivity contribution is 0.367. The van der Waals surface area contributed by atoms with E-state index in [1.165, 1.54) is 0 Å². The van der Waals surface area contributed by atoms with E-state index in [2.05, 4.69) is 28.1 Å². The van der Waals surface area contributed by atoms with Crippen LogP contribution in [0, 0.1) is 0 Å². The van der Waals surface area contributed by atoms with Crippen LogP contribution in [0.3, 0.4) is 0 Å². The van der Waals surface area contributed by atoms with Gasteiger partial charge in [0, 0.05) is 38.3 Å². The maximum atomic E-state index is 10.1. The Morgan fingerprint density at radius 1 is 1.07 bits per heavy atom. The number of nitrogens with one attached hydrogen (secondary N) is 1. The molecular formula is C22H30N4O3. The molecule has 7 heteroatoms. The van der Waals surface area contributed by atoms with Crippen LogP contribution in [0.1, 0.15) is 12.5 Å². The third-order valence-electron chi connectivity index (χ3n) is 5.03. The summed E-state index contributed by atoms with van der Waals surface area (Å²) < 4.78 is 10.8. The Balaban J connectivity index is 1.68. The van der Waals surface area contributed by atoms with E-state index in [-0.39, 0.29) is 5.75 Å². The van der Waals surface area contributed by atoms with E-state index < -0.39 is 0 Å². The Hall–Kier alpha value is -3.09. The third-order valence-corrected chi connectivity index (χ3v) is 5.03. The van der Waals surface area contributed by atoms with E-state index in [0.717, 1.165) is 55.7 Å². The second kappa shape index (κ2) is 9.91. The van der Waals surface area contributed by atoms with Gasteiger partial charge in [-0.1, -0.05) is 12.1 Å². The number of para-hydroxylation sites is 2. The zero-order valence-electron chi connectivity index (χ0n) is 17.4. The molecule has 0 aliphatic carbocycles. The molecule has 1 heterocycles. The molecule has 2 aromatic carbocycles. The van der Waals surface area contributed by atoms with Crippen molar-refractivity contribution in [3.63, 3.8) is 0 Å². The summed E-state index contributed by atoms with van der Waals surface area (Å²) in [6, 6.07) is 13.3. The zero-order chi connectivity index (χ0) is 20.6. The maximum absolute atomic E-state index is 10.1. The van der Waals surface area contributed by atoms with Gasteiger partial charge in [-0.05, 0) is 37.3 Å². The van der Waals surface area contributed by atoms with Crippen molar-refractivity contribution in [3.05, 3.63) is 48.0 Å². The standard InChI is InChI=1S/C22H30N4O3/c1-4-23-22(24-16-17-15-18(28-2)9-10-20(17)27)26-13-11-25(12-14-26)19-7-5-6-8-21(19)29-3/h5-10,15,27H,4,11-14,16H2,1-3H3,(H,23,24). The summed E-state index contributed by atoms with van der Waals surface area (Å²) >= 11 is 0. The highest BCUT2D eigenvalue weighted by Gasteiger charge is 2.21.